The van der Waals surface area contributed by atoms with E-state index in [1.54, 1.807) is 26.8 Å². The van der Waals surface area contributed by atoms with E-state index in [0.29, 0.717) is 6.42 Å². The van der Waals surface area contributed by atoms with E-state index in [1.165, 1.54) is 12.1 Å². The molecule has 112 valence electrons. The lowest BCUT2D eigenvalue weighted by atomic mass is 10.1. The van der Waals surface area contributed by atoms with E-state index in [1.807, 2.05) is 0 Å². The lowest BCUT2D eigenvalue weighted by Gasteiger charge is -2.23. The van der Waals surface area contributed by atoms with E-state index < -0.39 is 11.7 Å². The Balaban J connectivity index is 2.68. The number of carbonyl (C=O) groups is 1. The van der Waals surface area contributed by atoms with Crippen molar-refractivity contribution in [2.24, 2.45) is 5.73 Å². The van der Waals surface area contributed by atoms with Gasteiger partial charge in [0.15, 0.2) is 0 Å². The summed E-state index contributed by atoms with van der Waals surface area (Å²) in [6.45, 7) is 5.59. The zero-order valence-corrected chi connectivity index (χ0v) is 13.5. The number of halogens is 2. The summed E-state index contributed by atoms with van der Waals surface area (Å²) in [5, 5.41) is 2.69. The van der Waals surface area contributed by atoms with Crippen molar-refractivity contribution < 1.29 is 13.9 Å². The lowest BCUT2D eigenvalue weighted by molar-refractivity contribution is 0.0506. The van der Waals surface area contributed by atoms with E-state index in [9.17, 15) is 9.18 Å². The highest BCUT2D eigenvalue weighted by Crippen LogP contribution is 2.19. The molecule has 6 heteroatoms. The zero-order chi connectivity index (χ0) is 15.3. The predicted molar refractivity (Wildman–Crippen MR) is 80.0 cm³/mol. The van der Waals surface area contributed by atoms with Crippen molar-refractivity contribution in [1.29, 1.82) is 0 Å². The van der Waals surface area contributed by atoms with Gasteiger partial charge in [-0.25, -0.2) is 9.18 Å². The molecular weight excluding hydrogens is 327 g/mol. The minimum Gasteiger partial charge on any atom is -0.444 e. The normalized spacial score (nSPS) is 12.9. The monoisotopic (exact) mass is 346 g/mol. The molecule has 0 bridgehead atoms. The van der Waals surface area contributed by atoms with Gasteiger partial charge < -0.3 is 15.8 Å². The number of amides is 1. The van der Waals surface area contributed by atoms with Crippen molar-refractivity contribution >= 4 is 22.0 Å². The SMILES string of the molecule is CC(C)(C)OC(=O)NC(CN)Cc1cc(F)ccc1Br. The number of nitrogens with two attached hydrogens (primary N) is 1. The van der Waals surface area contributed by atoms with Crippen molar-refractivity contribution in [3.05, 3.63) is 34.1 Å². The maximum absolute atomic E-state index is 13.2. The standard InChI is InChI=1S/C14H20BrFN2O2/c1-14(2,3)20-13(19)18-11(8-17)7-9-6-10(16)4-5-12(9)15/h4-6,11H,7-8,17H2,1-3H3,(H,18,19). The Labute approximate surface area is 127 Å². The molecule has 0 heterocycles. The second kappa shape index (κ2) is 7.04. The van der Waals surface area contributed by atoms with Crippen LogP contribution in [0.3, 0.4) is 0 Å². The van der Waals surface area contributed by atoms with Crippen LogP contribution in [0.2, 0.25) is 0 Å². The minimum atomic E-state index is -0.567. The maximum atomic E-state index is 13.2. The summed E-state index contributed by atoms with van der Waals surface area (Å²) >= 11 is 3.35. The second-order valence-corrected chi connectivity index (χ2v) is 6.37. The van der Waals surface area contributed by atoms with Crippen LogP contribution in [-0.2, 0) is 11.2 Å². The fourth-order valence-electron chi connectivity index (χ4n) is 1.63. The average Bonchev–Trinajstić information content (AvgIpc) is 2.30. The maximum Gasteiger partial charge on any atom is 0.407 e. The van der Waals surface area contributed by atoms with E-state index in [4.69, 9.17) is 10.5 Å². The fourth-order valence-corrected chi connectivity index (χ4v) is 2.04. The quantitative estimate of drug-likeness (QED) is 0.880. The molecule has 1 amide bonds. The third-order valence-electron chi connectivity index (χ3n) is 2.48. The topological polar surface area (TPSA) is 64.3 Å². The molecule has 0 aliphatic carbocycles. The van der Waals surface area contributed by atoms with Crippen LogP contribution in [0.1, 0.15) is 26.3 Å². The van der Waals surface area contributed by atoms with Crippen LogP contribution in [-0.4, -0.2) is 24.3 Å². The average molecular weight is 347 g/mol. The number of nitrogens with one attached hydrogen (secondary N) is 1. The molecule has 1 rings (SSSR count). The molecule has 0 spiro atoms. The van der Waals surface area contributed by atoms with Crippen LogP contribution >= 0.6 is 15.9 Å². The summed E-state index contributed by atoms with van der Waals surface area (Å²) in [7, 11) is 0. The summed E-state index contributed by atoms with van der Waals surface area (Å²) in [6, 6.07) is 4.10. The molecule has 1 atom stereocenters. The number of rotatable bonds is 4. The van der Waals surface area contributed by atoms with Crippen LogP contribution in [0.15, 0.2) is 22.7 Å². The molecule has 0 aliphatic rings. The highest BCUT2D eigenvalue weighted by atomic mass is 79.9. The van der Waals surface area contributed by atoms with E-state index in [0.717, 1.165) is 10.0 Å². The van der Waals surface area contributed by atoms with Gasteiger partial charge in [0, 0.05) is 17.1 Å². The van der Waals surface area contributed by atoms with Crippen molar-refractivity contribution in [1.82, 2.24) is 5.32 Å². The molecule has 0 aromatic heterocycles. The number of carbonyl (C=O) groups excluding carboxylic acids is 1. The molecule has 0 saturated carbocycles. The summed E-state index contributed by atoms with van der Waals surface area (Å²) in [5.74, 6) is -0.323. The van der Waals surface area contributed by atoms with Gasteiger partial charge >= 0.3 is 6.09 Å². The first-order chi connectivity index (χ1) is 9.21. The van der Waals surface area contributed by atoms with Gasteiger partial charge in [-0.3, -0.25) is 0 Å². The molecule has 1 aromatic carbocycles. The van der Waals surface area contributed by atoms with E-state index >= 15 is 0 Å². The number of ether oxygens (including phenoxy) is 1. The summed E-state index contributed by atoms with van der Waals surface area (Å²) in [6.07, 6.45) is -0.103. The third kappa shape index (κ3) is 5.88. The Morgan fingerprint density at radius 2 is 2.15 bits per heavy atom. The molecule has 3 N–H and O–H groups in total. The molecular formula is C14H20BrFN2O2. The summed E-state index contributed by atoms with van der Waals surface area (Å²) in [5.41, 5.74) is 5.82. The largest absolute Gasteiger partial charge is 0.444 e. The molecule has 0 saturated heterocycles. The minimum absolute atomic E-state index is 0.238. The zero-order valence-electron chi connectivity index (χ0n) is 11.9. The molecule has 1 aromatic rings. The van der Waals surface area contributed by atoms with Gasteiger partial charge in [-0.2, -0.15) is 0 Å². The van der Waals surface area contributed by atoms with Crippen molar-refractivity contribution in [3.63, 3.8) is 0 Å². The van der Waals surface area contributed by atoms with Crippen molar-refractivity contribution in [2.75, 3.05) is 6.54 Å². The van der Waals surface area contributed by atoms with Gasteiger partial charge in [0.1, 0.15) is 11.4 Å². The number of hydrogen-bond donors (Lipinski definition) is 2. The lowest BCUT2D eigenvalue weighted by Crippen LogP contribution is -2.44. The van der Waals surface area contributed by atoms with Gasteiger partial charge in [0.05, 0.1) is 0 Å². The molecule has 0 fully saturated rings. The number of benzene rings is 1. The molecule has 4 nitrogen and oxygen atoms in total. The first-order valence-corrected chi connectivity index (χ1v) is 7.14. The Morgan fingerprint density at radius 3 is 2.70 bits per heavy atom. The predicted octanol–water partition coefficient (Wildman–Crippen LogP) is 2.98. The molecule has 0 radical (unpaired) electrons. The Morgan fingerprint density at radius 1 is 1.50 bits per heavy atom. The van der Waals surface area contributed by atoms with Crippen molar-refractivity contribution in [2.45, 2.75) is 38.8 Å². The molecule has 20 heavy (non-hydrogen) atoms. The Kier molecular flexibility index (Phi) is 5.95. The van der Waals surface area contributed by atoms with Crippen LogP contribution in [0.4, 0.5) is 9.18 Å². The second-order valence-electron chi connectivity index (χ2n) is 5.52. The van der Waals surface area contributed by atoms with Gasteiger partial charge in [-0.15, -0.1) is 0 Å². The molecule has 0 aliphatic heterocycles. The van der Waals surface area contributed by atoms with Gasteiger partial charge in [-0.05, 0) is 51.0 Å². The van der Waals surface area contributed by atoms with Gasteiger partial charge in [-0.1, -0.05) is 15.9 Å². The first kappa shape index (κ1) is 16.9. The molecule has 1 unspecified atom stereocenters. The van der Waals surface area contributed by atoms with E-state index in [-0.39, 0.29) is 18.4 Å². The number of hydrogen-bond acceptors (Lipinski definition) is 3. The first-order valence-electron chi connectivity index (χ1n) is 6.35. The number of alkyl carbamates (subject to hydrolysis) is 1. The van der Waals surface area contributed by atoms with Crippen LogP contribution in [0.25, 0.3) is 0 Å². The summed E-state index contributed by atoms with van der Waals surface area (Å²) < 4.78 is 19.2. The third-order valence-corrected chi connectivity index (χ3v) is 3.25. The van der Waals surface area contributed by atoms with Crippen molar-refractivity contribution in [3.8, 4) is 0 Å². The Bertz CT molecular complexity index is 475. The highest BCUT2D eigenvalue weighted by molar-refractivity contribution is 9.10. The van der Waals surface area contributed by atoms with Crippen LogP contribution in [0, 0.1) is 5.82 Å². The van der Waals surface area contributed by atoms with Crippen LogP contribution < -0.4 is 11.1 Å². The Hall–Kier alpha value is -1.14. The smallest absolute Gasteiger partial charge is 0.407 e. The van der Waals surface area contributed by atoms with Crippen LogP contribution in [0.5, 0.6) is 0 Å². The highest BCUT2D eigenvalue weighted by Gasteiger charge is 2.19. The summed E-state index contributed by atoms with van der Waals surface area (Å²) in [4.78, 5) is 11.7. The van der Waals surface area contributed by atoms with Gasteiger partial charge in [0.2, 0.25) is 0 Å². The fraction of sp³-hybridized carbons (Fsp3) is 0.500. The van der Waals surface area contributed by atoms with E-state index in [2.05, 4.69) is 21.2 Å². The van der Waals surface area contributed by atoms with Gasteiger partial charge in [0.25, 0.3) is 0 Å².